The molecule has 0 atom stereocenters. The number of thioether (sulfide) groups is 1. The Labute approximate surface area is 170 Å². The van der Waals surface area contributed by atoms with Gasteiger partial charge in [0.2, 0.25) is 15.9 Å². The molecule has 0 aromatic heterocycles. The van der Waals surface area contributed by atoms with Crippen molar-refractivity contribution in [2.75, 3.05) is 40.5 Å². The van der Waals surface area contributed by atoms with Crippen LogP contribution in [0.15, 0.2) is 47.4 Å². The van der Waals surface area contributed by atoms with Crippen molar-refractivity contribution in [2.45, 2.75) is 24.2 Å². The first-order valence-electron chi connectivity index (χ1n) is 9.15. The van der Waals surface area contributed by atoms with Crippen LogP contribution >= 0.6 is 11.8 Å². The normalized spacial score (nSPS) is 13.7. The summed E-state index contributed by atoms with van der Waals surface area (Å²) in [6.07, 6.45) is 5.25. The number of amides is 1. The van der Waals surface area contributed by atoms with Crippen LogP contribution in [0.5, 0.6) is 0 Å². The smallest absolute Gasteiger partial charge is 0.229 e. The number of rotatable bonds is 7. The van der Waals surface area contributed by atoms with E-state index < -0.39 is 10.0 Å². The van der Waals surface area contributed by atoms with Gasteiger partial charge in [-0.2, -0.15) is 0 Å². The molecule has 28 heavy (non-hydrogen) atoms. The van der Waals surface area contributed by atoms with E-state index in [-0.39, 0.29) is 5.91 Å². The van der Waals surface area contributed by atoms with Crippen molar-refractivity contribution in [3.8, 4) is 0 Å². The molecule has 2 aromatic rings. The maximum absolute atomic E-state index is 12.5. The minimum absolute atomic E-state index is 0.0287. The Hall–Kier alpha value is -2.19. The average molecular weight is 420 g/mol. The third kappa shape index (κ3) is 5.20. The fourth-order valence-corrected chi connectivity index (χ4v) is 4.57. The standard InChI is InChI=1S/C20H25N3O3S2/c1-27-19-11-4-3-8-17(19)21-20(24)12-14-23-13-6-7-15-16(22-28(2,25)26)9-5-10-18(15)23/h3-5,8-11,22H,6-7,12-14H2,1-2H3,(H,21,24). The predicted octanol–water partition coefficient (Wildman–Crippen LogP) is 3.56. The summed E-state index contributed by atoms with van der Waals surface area (Å²) in [6, 6.07) is 13.4. The lowest BCUT2D eigenvalue weighted by atomic mass is 10.00. The molecule has 0 spiro atoms. The van der Waals surface area contributed by atoms with Crippen LogP contribution in [0.2, 0.25) is 0 Å². The summed E-state index contributed by atoms with van der Waals surface area (Å²) in [4.78, 5) is 15.6. The second-order valence-electron chi connectivity index (χ2n) is 6.77. The van der Waals surface area contributed by atoms with Gasteiger partial charge in [0.25, 0.3) is 0 Å². The fraction of sp³-hybridized carbons (Fsp3) is 0.350. The van der Waals surface area contributed by atoms with Gasteiger partial charge in [-0.25, -0.2) is 8.42 Å². The predicted molar refractivity (Wildman–Crippen MR) is 117 cm³/mol. The summed E-state index contributed by atoms with van der Waals surface area (Å²) in [5, 5.41) is 2.99. The van der Waals surface area contributed by atoms with Gasteiger partial charge in [0.15, 0.2) is 0 Å². The zero-order chi connectivity index (χ0) is 20.1. The first-order valence-corrected chi connectivity index (χ1v) is 12.3. The van der Waals surface area contributed by atoms with Gasteiger partial charge in [0.1, 0.15) is 0 Å². The summed E-state index contributed by atoms with van der Waals surface area (Å²) in [5.74, 6) is -0.0287. The molecule has 2 aromatic carbocycles. The zero-order valence-electron chi connectivity index (χ0n) is 16.1. The average Bonchev–Trinajstić information content (AvgIpc) is 2.66. The van der Waals surface area contributed by atoms with E-state index in [1.807, 2.05) is 42.7 Å². The summed E-state index contributed by atoms with van der Waals surface area (Å²) >= 11 is 1.60. The molecule has 1 heterocycles. The first-order chi connectivity index (χ1) is 13.4. The van der Waals surface area contributed by atoms with Crippen molar-refractivity contribution in [3.63, 3.8) is 0 Å². The van der Waals surface area contributed by atoms with E-state index >= 15 is 0 Å². The van der Waals surface area contributed by atoms with E-state index in [1.165, 1.54) is 0 Å². The third-order valence-electron chi connectivity index (χ3n) is 4.63. The van der Waals surface area contributed by atoms with Crippen molar-refractivity contribution < 1.29 is 13.2 Å². The maximum atomic E-state index is 12.5. The Morgan fingerprint density at radius 2 is 1.89 bits per heavy atom. The molecule has 2 N–H and O–H groups in total. The molecule has 0 radical (unpaired) electrons. The van der Waals surface area contributed by atoms with Gasteiger partial charge in [0, 0.05) is 30.1 Å². The van der Waals surface area contributed by atoms with Crippen molar-refractivity contribution in [3.05, 3.63) is 48.0 Å². The molecular weight excluding hydrogens is 394 g/mol. The highest BCUT2D eigenvalue weighted by molar-refractivity contribution is 7.98. The molecule has 0 saturated heterocycles. The number of nitrogens with zero attached hydrogens (tertiary/aromatic N) is 1. The molecule has 1 aliphatic rings. The van der Waals surface area contributed by atoms with Gasteiger partial charge in [-0.1, -0.05) is 18.2 Å². The van der Waals surface area contributed by atoms with Crippen LogP contribution in [-0.4, -0.2) is 39.9 Å². The number of para-hydroxylation sites is 1. The summed E-state index contributed by atoms with van der Waals surface area (Å²) in [7, 11) is -3.33. The fourth-order valence-electron chi connectivity index (χ4n) is 3.43. The number of nitrogens with one attached hydrogen (secondary N) is 2. The van der Waals surface area contributed by atoms with Crippen LogP contribution in [0.1, 0.15) is 18.4 Å². The van der Waals surface area contributed by atoms with Crippen LogP contribution in [0, 0.1) is 0 Å². The lowest BCUT2D eigenvalue weighted by molar-refractivity contribution is -0.116. The van der Waals surface area contributed by atoms with Gasteiger partial charge in [-0.15, -0.1) is 11.8 Å². The highest BCUT2D eigenvalue weighted by Crippen LogP contribution is 2.33. The number of fused-ring (bicyclic) bond motifs is 1. The Morgan fingerprint density at radius 3 is 2.64 bits per heavy atom. The minimum atomic E-state index is -3.33. The second kappa shape index (κ2) is 8.87. The Morgan fingerprint density at radius 1 is 1.14 bits per heavy atom. The molecule has 8 heteroatoms. The third-order valence-corrected chi connectivity index (χ3v) is 6.02. The van der Waals surface area contributed by atoms with Crippen molar-refractivity contribution in [1.82, 2.24) is 0 Å². The number of carbonyl (C=O) groups excluding carboxylic acids is 1. The van der Waals surface area contributed by atoms with Gasteiger partial charge in [0.05, 0.1) is 17.6 Å². The van der Waals surface area contributed by atoms with Crippen LogP contribution in [-0.2, 0) is 21.2 Å². The number of carbonyl (C=O) groups is 1. The van der Waals surface area contributed by atoms with Gasteiger partial charge in [-0.05, 0) is 48.9 Å². The van der Waals surface area contributed by atoms with E-state index in [1.54, 1.807) is 17.8 Å². The van der Waals surface area contributed by atoms with E-state index in [0.29, 0.717) is 18.7 Å². The van der Waals surface area contributed by atoms with Gasteiger partial charge >= 0.3 is 0 Å². The van der Waals surface area contributed by atoms with Crippen molar-refractivity contribution >= 4 is 44.8 Å². The summed E-state index contributed by atoms with van der Waals surface area (Å²) in [5.41, 5.74) is 3.45. The Bertz CT molecular complexity index is 961. The maximum Gasteiger partial charge on any atom is 0.229 e. The molecule has 3 rings (SSSR count). The second-order valence-corrected chi connectivity index (χ2v) is 9.36. The van der Waals surface area contributed by atoms with Gasteiger partial charge in [-0.3, -0.25) is 9.52 Å². The Kier molecular flexibility index (Phi) is 6.51. The molecule has 0 bridgehead atoms. The lowest BCUT2D eigenvalue weighted by Gasteiger charge is -2.32. The SMILES string of the molecule is CSc1ccccc1NC(=O)CCN1CCCc2c(NS(C)(=O)=O)cccc21. The quantitative estimate of drug-likeness (QED) is 0.671. The van der Waals surface area contributed by atoms with Crippen LogP contribution in [0.25, 0.3) is 0 Å². The molecule has 1 aliphatic heterocycles. The molecule has 1 amide bonds. The van der Waals surface area contributed by atoms with Crippen LogP contribution < -0.4 is 14.9 Å². The molecule has 0 fully saturated rings. The van der Waals surface area contributed by atoms with E-state index in [4.69, 9.17) is 0 Å². The lowest BCUT2D eigenvalue weighted by Crippen LogP contribution is -2.33. The number of hydrogen-bond acceptors (Lipinski definition) is 5. The topological polar surface area (TPSA) is 78.5 Å². The van der Waals surface area contributed by atoms with Gasteiger partial charge < -0.3 is 10.2 Å². The summed E-state index contributed by atoms with van der Waals surface area (Å²) in [6.45, 7) is 1.44. The van der Waals surface area contributed by atoms with Crippen molar-refractivity contribution in [1.29, 1.82) is 0 Å². The highest BCUT2D eigenvalue weighted by Gasteiger charge is 2.21. The minimum Gasteiger partial charge on any atom is -0.371 e. The van der Waals surface area contributed by atoms with Crippen LogP contribution in [0.4, 0.5) is 17.1 Å². The molecular formula is C20H25N3O3S2. The first kappa shape index (κ1) is 20.5. The molecule has 6 nitrogen and oxygen atoms in total. The number of anilines is 3. The molecule has 0 saturated carbocycles. The largest absolute Gasteiger partial charge is 0.371 e. The number of hydrogen-bond donors (Lipinski definition) is 2. The van der Waals surface area contributed by atoms with Crippen LogP contribution in [0.3, 0.4) is 0 Å². The zero-order valence-corrected chi connectivity index (χ0v) is 17.7. The highest BCUT2D eigenvalue weighted by atomic mass is 32.2. The summed E-state index contributed by atoms with van der Waals surface area (Å²) < 4.78 is 25.9. The number of sulfonamides is 1. The van der Waals surface area contributed by atoms with E-state index in [9.17, 15) is 13.2 Å². The molecule has 0 unspecified atom stereocenters. The van der Waals surface area contributed by atoms with E-state index in [0.717, 1.165) is 47.5 Å². The molecule has 0 aliphatic carbocycles. The monoisotopic (exact) mass is 419 g/mol. The van der Waals surface area contributed by atoms with E-state index in [2.05, 4.69) is 14.9 Å². The van der Waals surface area contributed by atoms with Crippen molar-refractivity contribution in [2.24, 2.45) is 0 Å². The Balaban J connectivity index is 1.68. The number of benzene rings is 2. The molecule has 150 valence electrons.